The molecule has 1 aromatic carbocycles. The van der Waals surface area contributed by atoms with Gasteiger partial charge in [0.25, 0.3) is 0 Å². The Kier molecular flexibility index (Phi) is 3.33. The number of hydrogen-bond donors (Lipinski definition) is 0. The van der Waals surface area contributed by atoms with Crippen LogP contribution in [-0.2, 0) is 6.42 Å². The van der Waals surface area contributed by atoms with E-state index in [0.717, 1.165) is 17.6 Å². The number of benzene rings is 1. The number of nitrogens with zero attached hydrogens (tertiary/aromatic N) is 1. The van der Waals surface area contributed by atoms with E-state index in [1.54, 1.807) is 6.21 Å². The maximum Gasteiger partial charge on any atom is 0.151 e. The molecular formula is C10H13NO. The van der Waals surface area contributed by atoms with Gasteiger partial charge in [-0.3, -0.25) is 0 Å². The fourth-order valence-corrected chi connectivity index (χ4v) is 1.06. The zero-order chi connectivity index (χ0) is 8.81. The number of rotatable bonds is 3. The molecule has 0 aliphatic heterocycles. The molecule has 12 heavy (non-hydrogen) atoms. The van der Waals surface area contributed by atoms with Crippen LogP contribution in [0.3, 0.4) is 0 Å². The number of aryl methyl sites for hydroxylation is 1. The molecule has 1 aromatic rings. The Balaban J connectivity index is 2.39. The minimum Gasteiger partial charge on any atom is -0.624 e. The van der Waals surface area contributed by atoms with Crippen molar-refractivity contribution >= 4 is 6.21 Å². The molecule has 0 aromatic heterocycles. The molecule has 0 aliphatic rings. The van der Waals surface area contributed by atoms with Crippen LogP contribution in [0.5, 0.6) is 0 Å². The van der Waals surface area contributed by atoms with Crippen LogP contribution in [0.4, 0.5) is 0 Å². The van der Waals surface area contributed by atoms with Gasteiger partial charge >= 0.3 is 0 Å². The van der Waals surface area contributed by atoms with Crippen molar-refractivity contribution < 1.29 is 4.74 Å². The van der Waals surface area contributed by atoms with Crippen LogP contribution in [0, 0.1) is 5.21 Å². The van der Waals surface area contributed by atoms with Gasteiger partial charge in [0.15, 0.2) is 6.21 Å². The maximum absolute atomic E-state index is 10.5. The second kappa shape index (κ2) is 4.54. The fourth-order valence-electron chi connectivity index (χ4n) is 1.06. The van der Waals surface area contributed by atoms with E-state index in [-0.39, 0.29) is 0 Å². The Labute approximate surface area is 72.7 Å². The van der Waals surface area contributed by atoms with Gasteiger partial charge in [0, 0.05) is 6.42 Å². The highest BCUT2D eigenvalue weighted by molar-refractivity contribution is 5.51. The highest BCUT2D eigenvalue weighted by Crippen LogP contribution is 2.00. The molecule has 0 saturated carbocycles. The summed E-state index contributed by atoms with van der Waals surface area (Å²) < 4.78 is 0.850. The van der Waals surface area contributed by atoms with Crippen molar-refractivity contribution in [3.05, 3.63) is 41.1 Å². The van der Waals surface area contributed by atoms with E-state index >= 15 is 0 Å². The Morgan fingerprint density at radius 3 is 2.58 bits per heavy atom. The lowest BCUT2D eigenvalue weighted by molar-refractivity contribution is -0.418. The van der Waals surface area contributed by atoms with Crippen LogP contribution < -0.4 is 0 Å². The Hall–Kier alpha value is -1.31. The predicted octanol–water partition coefficient (Wildman–Crippen LogP) is 1.83. The molecule has 0 aliphatic carbocycles. The van der Waals surface area contributed by atoms with Crippen molar-refractivity contribution in [3.8, 4) is 0 Å². The topological polar surface area (TPSA) is 26.1 Å². The minimum atomic E-state index is 0.810. The van der Waals surface area contributed by atoms with Gasteiger partial charge in [-0.05, 0) is 12.0 Å². The van der Waals surface area contributed by atoms with E-state index in [1.807, 2.05) is 18.2 Å². The number of hydrogen-bond acceptors (Lipinski definition) is 1. The first-order chi connectivity index (χ1) is 5.79. The zero-order valence-corrected chi connectivity index (χ0v) is 7.23. The summed E-state index contributed by atoms with van der Waals surface area (Å²) in [4.78, 5) is 0. The highest BCUT2D eigenvalue weighted by atomic mass is 16.5. The van der Waals surface area contributed by atoms with Gasteiger partial charge in [-0.15, -0.1) is 0 Å². The summed E-state index contributed by atoms with van der Waals surface area (Å²) in [5.41, 5.74) is 1.27. The summed E-state index contributed by atoms with van der Waals surface area (Å²) in [5.74, 6) is 0. The van der Waals surface area contributed by atoms with E-state index in [1.165, 1.54) is 12.6 Å². The molecule has 0 heterocycles. The third-order valence-electron chi connectivity index (χ3n) is 1.66. The van der Waals surface area contributed by atoms with Crippen LogP contribution in [0.1, 0.15) is 12.0 Å². The van der Waals surface area contributed by atoms with Gasteiger partial charge in [-0.1, -0.05) is 30.3 Å². The molecule has 0 fully saturated rings. The van der Waals surface area contributed by atoms with E-state index in [9.17, 15) is 5.21 Å². The van der Waals surface area contributed by atoms with Gasteiger partial charge in [0.05, 0.1) is 0 Å². The quantitative estimate of drug-likeness (QED) is 0.289. The second-order valence-corrected chi connectivity index (χ2v) is 2.75. The Morgan fingerprint density at radius 2 is 2.00 bits per heavy atom. The monoisotopic (exact) mass is 163 g/mol. The first-order valence-corrected chi connectivity index (χ1v) is 4.06. The van der Waals surface area contributed by atoms with Gasteiger partial charge in [0.2, 0.25) is 0 Å². The molecule has 0 bridgehead atoms. The smallest absolute Gasteiger partial charge is 0.151 e. The minimum absolute atomic E-state index is 0.810. The SMILES string of the molecule is C[N+]([O-])=CCCc1ccccc1. The van der Waals surface area contributed by atoms with E-state index in [0.29, 0.717) is 0 Å². The van der Waals surface area contributed by atoms with Crippen LogP contribution in [-0.4, -0.2) is 18.0 Å². The van der Waals surface area contributed by atoms with Crippen molar-refractivity contribution in [3.63, 3.8) is 0 Å². The first kappa shape index (κ1) is 8.78. The largest absolute Gasteiger partial charge is 0.624 e. The molecule has 0 spiro atoms. The first-order valence-electron chi connectivity index (χ1n) is 4.06. The summed E-state index contributed by atoms with van der Waals surface area (Å²) in [6, 6.07) is 10.1. The van der Waals surface area contributed by atoms with Gasteiger partial charge in [-0.25, -0.2) is 4.74 Å². The molecule has 0 amide bonds. The molecule has 0 N–H and O–H groups in total. The standard InChI is InChI=1S/C10H13NO/c1-11(12)9-5-8-10-6-3-2-4-7-10/h2-4,6-7,9H,5,8H2,1H3. The lowest BCUT2D eigenvalue weighted by Crippen LogP contribution is -1.97. The molecule has 0 radical (unpaired) electrons. The molecule has 1 rings (SSSR count). The summed E-state index contributed by atoms with van der Waals surface area (Å²) in [7, 11) is 1.50. The van der Waals surface area contributed by atoms with Crippen molar-refractivity contribution in [1.29, 1.82) is 0 Å². The van der Waals surface area contributed by atoms with Crippen LogP contribution in [0.2, 0.25) is 0 Å². The average Bonchev–Trinajstić information content (AvgIpc) is 2.05. The maximum atomic E-state index is 10.5. The molecule has 0 unspecified atom stereocenters. The van der Waals surface area contributed by atoms with E-state index < -0.39 is 0 Å². The third-order valence-corrected chi connectivity index (χ3v) is 1.66. The molecule has 64 valence electrons. The molecule has 2 heteroatoms. The lowest BCUT2D eigenvalue weighted by atomic mass is 10.1. The van der Waals surface area contributed by atoms with Crippen molar-refractivity contribution in [1.82, 2.24) is 0 Å². The molecule has 0 atom stereocenters. The summed E-state index contributed by atoms with van der Waals surface area (Å²) in [5, 5.41) is 10.5. The molecule has 2 nitrogen and oxygen atoms in total. The zero-order valence-electron chi connectivity index (χ0n) is 7.23. The Bertz CT molecular complexity index is 250. The normalized spacial score (nSPS) is 11.6. The summed E-state index contributed by atoms with van der Waals surface area (Å²) in [6.45, 7) is 0. The average molecular weight is 163 g/mol. The molecule has 0 saturated heterocycles. The lowest BCUT2D eigenvalue weighted by Gasteiger charge is -1.96. The van der Waals surface area contributed by atoms with Crippen LogP contribution in [0.25, 0.3) is 0 Å². The Morgan fingerprint density at radius 1 is 1.33 bits per heavy atom. The van der Waals surface area contributed by atoms with Crippen molar-refractivity contribution in [2.45, 2.75) is 12.8 Å². The fraction of sp³-hybridized carbons (Fsp3) is 0.300. The van der Waals surface area contributed by atoms with Gasteiger partial charge in [0.1, 0.15) is 7.05 Å². The summed E-state index contributed by atoms with van der Waals surface area (Å²) >= 11 is 0. The second-order valence-electron chi connectivity index (χ2n) is 2.75. The third kappa shape index (κ3) is 3.19. The van der Waals surface area contributed by atoms with Crippen molar-refractivity contribution in [2.24, 2.45) is 0 Å². The van der Waals surface area contributed by atoms with Gasteiger partial charge in [-0.2, -0.15) is 0 Å². The highest BCUT2D eigenvalue weighted by Gasteiger charge is 1.90. The molecular weight excluding hydrogens is 150 g/mol. The predicted molar refractivity (Wildman–Crippen MR) is 50.4 cm³/mol. The number of hydroxylamine groups is 1. The van der Waals surface area contributed by atoms with Crippen molar-refractivity contribution in [2.75, 3.05) is 7.05 Å². The van der Waals surface area contributed by atoms with Crippen LogP contribution >= 0.6 is 0 Å². The summed E-state index contributed by atoms with van der Waals surface area (Å²) in [6.07, 6.45) is 3.39. The van der Waals surface area contributed by atoms with E-state index in [4.69, 9.17) is 0 Å². The van der Waals surface area contributed by atoms with Crippen LogP contribution in [0.15, 0.2) is 30.3 Å². The van der Waals surface area contributed by atoms with Gasteiger partial charge < -0.3 is 5.21 Å². The van der Waals surface area contributed by atoms with E-state index in [2.05, 4.69) is 12.1 Å².